The lowest BCUT2D eigenvalue weighted by Crippen LogP contribution is -2.09. The van der Waals surface area contributed by atoms with Crippen LogP contribution in [0.3, 0.4) is 0 Å². The molecule has 2 aromatic rings. The van der Waals surface area contributed by atoms with E-state index in [9.17, 15) is 4.79 Å². The smallest absolute Gasteiger partial charge is 0.248 e. The highest BCUT2D eigenvalue weighted by Gasteiger charge is 2.11. The van der Waals surface area contributed by atoms with E-state index in [4.69, 9.17) is 25.8 Å². The molecule has 0 unspecified atom stereocenters. The number of anilines is 1. The van der Waals surface area contributed by atoms with E-state index < -0.39 is 0 Å². The molecule has 0 aliphatic carbocycles. The number of carbonyl (C=O) groups is 1. The maximum Gasteiger partial charge on any atom is 0.248 e. The first-order valence-electron chi connectivity index (χ1n) is 8.71. The molecule has 0 saturated heterocycles. The van der Waals surface area contributed by atoms with Crippen molar-refractivity contribution in [3.8, 4) is 17.2 Å². The number of para-hydroxylation sites is 1. The van der Waals surface area contributed by atoms with E-state index >= 15 is 0 Å². The van der Waals surface area contributed by atoms with Gasteiger partial charge in [-0.2, -0.15) is 0 Å². The quantitative estimate of drug-likeness (QED) is 0.473. The third-order valence-electron chi connectivity index (χ3n) is 3.82. The Kier molecular flexibility index (Phi) is 8.01. The molecule has 0 spiro atoms. The van der Waals surface area contributed by atoms with Crippen LogP contribution in [-0.4, -0.2) is 26.7 Å². The lowest BCUT2D eigenvalue weighted by molar-refractivity contribution is -0.111. The molecule has 0 radical (unpaired) electrons. The summed E-state index contributed by atoms with van der Waals surface area (Å²) < 4.78 is 16.2. The number of carbonyl (C=O) groups excluding carboxylic acids is 1. The third-order valence-corrected chi connectivity index (χ3v) is 4.12. The molecule has 0 heterocycles. The molecule has 0 fully saturated rings. The van der Waals surface area contributed by atoms with Gasteiger partial charge in [-0.05, 0) is 18.6 Å². The van der Waals surface area contributed by atoms with Crippen LogP contribution < -0.4 is 19.5 Å². The fourth-order valence-electron chi connectivity index (χ4n) is 2.37. The largest absolute Gasteiger partial charge is 0.495 e. The zero-order chi connectivity index (χ0) is 19.6. The number of halogens is 1. The van der Waals surface area contributed by atoms with Gasteiger partial charge in [0.2, 0.25) is 5.91 Å². The summed E-state index contributed by atoms with van der Waals surface area (Å²) in [6, 6.07) is 10.8. The summed E-state index contributed by atoms with van der Waals surface area (Å²) in [7, 11) is 3.02. The molecule has 1 amide bonds. The van der Waals surface area contributed by atoms with E-state index in [1.807, 2.05) is 24.3 Å². The van der Waals surface area contributed by atoms with E-state index in [0.29, 0.717) is 28.8 Å². The molecule has 0 aromatic heterocycles. The van der Waals surface area contributed by atoms with Gasteiger partial charge in [-0.15, -0.1) is 0 Å². The molecule has 0 saturated carbocycles. The third kappa shape index (κ3) is 5.93. The van der Waals surface area contributed by atoms with Gasteiger partial charge in [0.05, 0.1) is 31.5 Å². The summed E-state index contributed by atoms with van der Waals surface area (Å²) in [5.74, 6) is 1.35. The standard InChI is InChI=1S/C21H24ClNO4/c1-4-5-12-27-18-9-7-6-8-15(18)10-11-21(24)23-17-14-19(25-2)16(22)13-20(17)26-3/h6-11,13-14H,4-5,12H2,1-3H3,(H,23,24). The molecule has 144 valence electrons. The molecule has 0 aliphatic rings. The number of nitrogens with one attached hydrogen (secondary N) is 1. The Hall–Kier alpha value is -2.66. The zero-order valence-corrected chi connectivity index (χ0v) is 16.5. The first kappa shape index (κ1) is 20.6. The van der Waals surface area contributed by atoms with Crippen molar-refractivity contribution in [2.45, 2.75) is 19.8 Å². The van der Waals surface area contributed by atoms with Crippen molar-refractivity contribution in [3.05, 3.63) is 53.1 Å². The Labute approximate surface area is 164 Å². The number of rotatable bonds is 9. The van der Waals surface area contributed by atoms with Crippen LogP contribution in [0.15, 0.2) is 42.5 Å². The van der Waals surface area contributed by atoms with Crippen LogP contribution in [0, 0.1) is 0 Å². The highest BCUT2D eigenvalue weighted by Crippen LogP contribution is 2.35. The van der Waals surface area contributed by atoms with Gasteiger partial charge >= 0.3 is 0 Å². The SMILES string of the molecule is CCCCOc1ccccc1C=CC(=O)Nc1cc(OC)c(Cl)cc1OC. The Balaban J connectivity index is 2.12. The van der Waals surface area contributed by atoms with E-state index in [0.717, 1.165) is 24.2 Å². The van der Waals surface area contributed by atoms with Gasteiger partial charge in [-0.3, -0.25) is 4.79 Å². The molecule has 0 aliphatic heterocycles. The average Bonchev–Trinajstić information content (AvgIpc) is 2.68. The fourth-order valence-corrected chi connectivity index (χ4v) is 2.60. The van der Waals surface area contributed by atoms with Gasteiger partial charge < -0.3 is 19.5 Å². The number of hydrogen-bond acceptors (Lipinski definition) is 4. The lowest BCUT2D eigenvalue weighted by Gasteiger charge is -2.12. The molecular formula is C21H24ClNO4. The summed E-state index contributed by atoms with van der Waals surface area (Å²) in [5.41, 5.74) is 1.31. The second kappa shape index (κ2) is 10.5. The predicted molar refractivity (Wildman–Crippen MR) is 109 cm³/mol. The zero-order valence-electron chi connectivity index (χ0n) is 15.8. The molecular weight excluding hydrogens is 366 g/mol. The van der Waals surface area contributed by atoms with Gasteiger partial charge in [-0.25, -0.2) is 0 Å². The molecule has 2 rings (SSSR count). The first-order chi connectivity index (χ1) is 13.1. The first-order valence-corrected chi connectivity index (χ1v) is 9.09. The summed E-state index contributed by atoms with van der Waals surface area (Å²) in [4.78, 5) is 12.3. The van der Waals surface area contributed by atoms with Crippen LogP contribution >= 0.6 is 11.6 Å². The highest BCUT2D eigenvalue weighted by molar-refractivity contribution is 6.32. The summed E-state index contributed by atoms with van der Waals surface area (Å²) in [5, 5.41) is 3.18. The minimum Gasteiger partial charge on any atom is -0.495 e. The number of hydrogen-bond donors (Lipinski definition) is 1. The van der Waals surface area contributed by atoms with Gasteiger partial charge in [0.15, 0.2) is 0 Å². The van der Waals surface area contributed by atoms with Gasteiger partial charge in [0.1, 0.15) is 17.2 Å². The van der Waals surface area contributed by atoms with Crippen molar-refractivity contribution in [3.63, 3.8) is 0 Å². The Morgan fingerprint density at radius 1 is 1.11 bits per heavy atom. The average molecular weight is 390 g/mol. The molecule has 0 bridgehead atoms. The van der Waals surface area contributed by atoms with E-state index in [-0.39, 0.29) is 5.91 Å². The van der Waals surface area contributed by atoms with Crippen LogP contribution in [-0.2, 0) is 4.79 Å². The maximum atomic E-state index is 12.3. The lowest BCUT2D eigenvalue weighted by atomic mass is 10.2. The molecule has 6 heteroatoms. The Morgan fingerprint density at radius 3 is 2.56 bits per heavy atom. The summed E-state index contributed by atoms with van der Waals surface area (Å²) >= 11 is 6.08. The summed E-state index contributed by atoms with van der Waals surface area (Å²) in [6.45, 7) is 2.76. The monoisotopic (exact) mass is 389 g/mol. The van der Waals surface area contributed by atoms with Crippen molar-refractivity contribution in [1.82, 2.24) is 0 Å². The minimum atomic E-state index is -0.305. The number of amides is 1. The Bertz CT molecular complexity index is 805. The van der Waals surface area contributed by atoms with Crippen molar-refractivity contribution in [1.29, 1.82) is 0 Å². The summed E-state index contributed by atoms with van der Waals surface area (Å²) in [6.07, 6.45) is 5.21. The molecule has 2 aromatic carbocycles. The second-order valence-electron chi connectivity index (χ2n) is 5.75. The second-order valence-corrected chi connectivity index (χ2v) is 6.16. The number of ether oxygens (including phenoxy) is 3. The van der Waals surface area contributed by atoms with Crippen molar-refractivity contribution >= 4 is 29.3 Å². The van der Waals surface area contributed by atoms with Crippen LogP contribution in [0.4, 0.5) is 5.69 Å². The number of methoxy groups -OCH3 is 2. The fraction of sp³-hybridized carbons (Fsp3) is 0.286. The van der Waals surface area contributed by atoms with Gasteiger partial charge in [0, 0.05) is 23.8 Å². The highest BCUT2D eigenvalue weighted by atomic mass is 35.5. The van der Waals surface area contributed by atoms with Crippen molar-refractivity contribution in [2.75, 3.05) is 26.1 Å². The molecule has 1 N–H and O–H groups in total. The van der Waals surface area contributed by atoms with Crippen molar-refractivity contribution in [2.24, 2.45) is 0 Å². The van der Waals surface area contributed by atoms with E-state index in [1.54, 1.807) is 18.2 Å². The van der Waals surface area contributed by atoms with Crippen LogP contribution in [0.1, 0.15) is 25.3 Å². The van der Waals surface area contributed by atoms with E-state index in [1.165, 1.54) is 20.3 Å². The molecule has 27 heavy (non-hydrogen) atoms. The predicted octanol–water partition coefficient (Wildman–Crippen LogP) is 5.19. The topological polar surface area (TPSA) is 56.8 Å². The van der Waals surface area contributed by atoms with E-state index in [2.05, 4.69) is 12.2 Å². The van der Waals surface area contributed by atoms with Crippen LogP contribution in [0.2, 0.25) is 5.02 Å². The minimum absolute atomic E-state index is 0.305. The van der Waals surface area contributed by atoms with Gasteiger partial charge in [0.25, 0.3) is 0 Å². The Morgan fingerprint density at radius 2 is 1.85 bits per heavy atom. The molecule has 5 nitrogen and oxygen atoms in total. The van der Waals surface area contributed by atoms with Crippen LogP contribution in [0.5, 0.6) is 17.2 Å². The van der Waals surface area contributed by atoms with Crippen LogP contribution in [0.25, 0.3) is 6.08 Å². The van der Waals surface area contributed by atoms with Crippen molar-refractivity contribution < 1.29 is 19.0 Å². The normalized spacial score (nSPS) is 10.7. The number of benzene rings is 2. The maximum absolute atomic E-state index is 12.3. The number of unbranched alkanes of at least 4 members (excludes halogenated alkanes) is 1. The van der Waals surface area contributed by atoms with Gasteiger partial charge in [-0.1, -0.05) is 43.1 Å². The molecule has 0 atom stereocenters.